The van der Waals surface area contributed by atoms with E-state index in [0.29, 0.717) is 25.2 Å². The van der Waals surface area contributed by atoms with Gasteiger partial charge in [-0.25, -0.2) is 9.78 Å². The summed E-state index contributed by atoms with van der Waals surface area (Å²) in [5.41, 5.74) is -0.139. The molecule has 0 aliphatic heterocycles. The molecule has 11 heteroatoms. The summed E-state index contributed by atoms with van der Waals surface area (Å²) in [6.45, 7) is 10.9. The van der Waals surface area contributed by atoms with Gasteiger partial charge in [-0.2, -0.15) is 0 Å². The molecule has 1 aromatic heterocycles. The summed E-state index contributed by atoms with van der Waals surface area (Å²) < 4.78 is 33.9. The van der Waals surface area contributed by atoms with E-state index in [1.165, 1.54) is 26.3 Å². The molecule has 1 heterocycles. The van der Waals surface area contributed by atoms with Crippen molar-refractivity contribution in [2.24, 2.45) is 5.92 Å². The average molecular weight is 589 g/mol. The molecule has 2 rings (SSSR count). The topological polar surface area (TPSA) is 132 Å². The van der Waals surface area contributed by atoms with E-state index in [9.17, 15) is 14.4 Å². The van der Waals surface area contributed by atoms with Crippen LogP contribution in [-0.2, 0) is 23.8 Å². The maximum atomic E-state index is 13.5. The van der Waals surface area contributed by atoms with E-state index >= 15 is 0 Å². The summed E-state index contributed by atoms with van der Waals surface area (Å²) in [7, 11) is 1.40. The zero-order valence-electron chi connectivity index (χ0n) is 25.6. The third-order valence-electron chi connectivity index (χ3n) is 6.15. The molecule has 11 nitrogen and oxygen atoms in total. The van der Waals surface area contributed by atoms with Crippen LogP contribution >= 0.6 is 0 Å². The Kier molecular flexibility index (Phi) is 14.6. The molecular weight excluding hydrogens is 544 g/mol. The van der Waals surface area contributed by atoms with E-state index in [2.05, 4.69) is 10.3 Å². The number of benzene rings is 1. The molecule has 0 radical (unpaired) electrons. The quantitative estimate of drug-likeness (QED) is 0.193. The van der Waals surface area contributed by atoms with Gasteiger partial charge in [0.1, 0.15) is 17.9 Å². The van der Waals surface area contributed by atoms with Crippen LogP contribution in [0.5, 0.6) is 17.2 Å². The Hall–Kier alpha value is -3.86. The molecule has 1 aromatic carbocycles. The standard InChI is InChI=1S/C31H44N2O9/c1-8-17-38-25(9-2)28(42-23-13-11-10-12-14-23)21(5)41-31(36)24(18-20(3)4)33-30(35)27-29(40-19-39-22(6)34)26(37-7)15-16-32-27/h10-16,20-21,24-25,28H,8-9,17-19H2,1-7H3,(H,33,35)/t21-,24-,25-,28-/m0/s1. The lowest BCUT2D eigenvalue weighted by atomic mass is 10.0. The van der Waals surface area contributed by atoms with Gasteiger partial charge in [-0.1, -0.05) is 45.9 Å². The number of amides is 1. The lowest BCUT2D eigenvalue weighted by Gasteiger charge is -2.32. The van der Waals surface area contributed by atoms with Crippen molar-refractivity contribution in [3.63, 3.8) is 0 Å². The van der Waals surface area contributed by atoms with Crippen LogP contribution in [0.25, 0.3) is 0 Å². The molecule has 42 heavy (non-hydrogen) atoms. The molecule has 0 aliphatic carbocycles. The second-order valence-corrected chi connectivity index (χ2v) is 10.1. The molecule has 4 atom stereocenters. The van der Waals surface area contributed by atoms with Crippen LogP contribution in [0.1, 0.15) is 71.3 Å². The SMILES string of the molecule is CCCO[C@@H](CC)[C@@H](Oc1ccccc1)[C@H](C)OC(=O)[C@H](CC(C)C)NC(=O)c1nccc(OC)c1OCOC(C)=O. The Balaban J connectivity index is 2.27. The van der Waals surface area contributed by atoms with Gasteiger partial charge in [-0.3, -0.25) is 9.59 Å². The van der Waals surface area contributed by atoms with Crippen molar-refractivity contribution in [2.45, 2.75) is 85.2 Å². The summed E-state index contributed by atoms with van der Waals surface area (Å²) in [5, 5.41) is 2.74. The summed E-state index contributed by atoms with van der Waals surface area (Å²) in [6.07, 6.45) is 1.52. The minimum Gasteiger partial charge on any atom is -0.493 e. The number of nitrogens with one attached hydrogen (secondary N) is 1. The van der Waals surface area contributed by atoms with Gasteiger partial charge < -0.3 is 33.7 Å². The number of ether oxygens (including phenoxy) is 6. The van der Waals surface area contributed by atoms with Crippen LogP contribution in [0.3, 0.4) is 0 Å². The third kappa shape index (κ3) is 10.8. The fourth-order valence-corrected chi connectivity index (χ4v) is 4.15. The fraction of sp³-hybridized carbons (Fsp3) is 0.548. The normalized spacial score (nSPS) is 13.8. The van der Waals surface area contributed by atoms with Crippen LogP contribution in [0, 0.1) is 5.92 Å². The lowest BCUT2D eigenvalue weighted by Crippen LogP contribution is -2.48. The van der Waals surface area contributed by atoms with E-state index in [1.54, 1.807) is 6.92 Å². The first-order valence-corrected chi connectivity index (χ1v) is 14.2. The number of carbonyl (C=O) groups is 3. The lowest BCUT2D eigenvalue weighted by molar-refractivity contribution is -0.161. The maximum absolute atomic E-state index is 13.5. The number of aromatic nitrogens is 1. The molecule has 0 aliphatic rings. The number of hydrogen-bond acceptors (Lipinski definition) is 10. The van der Waals surface area contributed by atoms with Crippen molar-refractivity contribution in [3.8, 4) is 17.2 Å². The molecule has 1 amide bonds. The number of esters is 2. The Morgan fingerprint density at radius 1 is 1.02 bits per heavy atom. The predicted octanol–water partition coefficient (Wildman–Crippen LogP) is 4.72. The van der Waals surface area contributed by atoms with Crippen molar-refractivity contribution in [1.29, 1.82) is 0 Å². The molecule has 0 saturated carbocycles. The van der Waals surface area contributed by atoms with Crippen molar-refractivity contribution in [3.05, 3.63) is 48.3 Å². The van der Waals surface area contributed by atoms with Gasteiger partial charge in [0, 0.05) is 25.8 Å². The molecule has 2 aromatic rings. The van der Waals surface area contributed by atoms with Crippen LogP contribution in [0.15, 0.2) is 42.6 Å². The zero-order chi connectivity index (χ0) is 31.1. The van der Waals surface area contributed by atoms with Crippen molar-refractivity contribution in [1.82, 2.24) is 10.3 Å². The monoisotopic (exact) mass is 588 g/mol. The number of rotatable bonds is 18. The highest BCUT2D eigenvalue weighted by Crippen LogP contribution is 2.30. The smallest absolute Gasteiger partial charge is 0.329 e. The number of nitrogens with zero attached hydrogens (tertiary/aromatic N) is 1. The first-order valence-electron chi connectivity index (χ1n) is 14.2. The maximum Gasteiger partial charge on any atom is 0.329 e. The molecule has 1 N–H and O–H groups in total. The highest BCUT2D eigenvalue weighted by molar-refractivity contribution is 5.98. The number of methoxy groups -OCH3 is 1. The third-order valence-corrected chi connectivity index (χ3v) is 6.15. The highest BCUT2D eigenvalue weighted by Gasteiger charge is 2.34. The van der Waals surface area contributed by atoms with Gasteiger partial charge in [-0.05, 0) is 44.2 Å². The molecule has 0 bridgehead atoms. The Morgan fingerprint density at radius 2 is 1.74 bits per heavy atom. The second-order valence-electron chi connectivity index (χ2n) is 10.1. The number of para-hydroxylation sites is 1. The van der Waals surface area contributed by atoms with E-state index < -0.39 is 42.9 Å². The first-order chi connectivity index (χ1) is 20.1. The predicted molar refractivity (Wildman–Crippen MR) is 155 cm³/mol. The van der Waals surface area contributed by atoms with Gasteiger partial charge in [0.2, 0.25) is 6.79 Å². The number of carbonyl (C=O) groups excluding carboxylic acids is 3. The molecule has 0 unspecified atom stereocenters. The fourth-order valence-electron chi connectivity index (χ4n) is 4.15. The van der Waals surface area contributed by atoms with E-state index in [4.69, 9.17) is 28.4 Å². The van der Waals surface area contributed by atoms with Crippen molar-refractivity contribution in [2.75, 3.05) is 20.5 Å². The Labute approximate surface area is 248 Å². The summed E-state index contributed by atoms with van der Waals surface area (Å²) in [4.78, 5) is 42.2. The summed E-state index contributed by atoms with van der Waals surface area (Å²) in [5.74, 6) is -1.02. The molecule has 0 saturated heterocycles. The minimum absolute atomic E-state index is 0.0287. The Bertz CT molecular complexity index is 1130. The Morgan fingerprint density at radius 3 is 2.33 bits per heavy atom. The van der Waals surface area contributed by atoms with Crippen molar-refractivity contribution >= 4 is 17.8 Å². The van der Waals surface area contributed by atoms with E-state index in [0.717, 1.165) is 6.42 Å². The van der Waals surface area contributed by atoms with Crippen LogP contribution in [0.4, 0.5) is 0 Å². The van der Waals surface area contributed by atoms with Crippen LogP contribution in [-0.4, -0.2) is 67.7 Å². The minimum atomic E-state index is -0.997. The molecule has 232 valence electrons. The van der Waals surface area contributed by atoms with E-state index in [1.807, 2.05) is 58.0 Å². The van der Waals surface area contributed by atoms with Gasteiger partial charge >= 0.3 is 11.9 Å². The second kappa shape index (κ2) is 17.8. The van der Waals surface area contributed by atoms with E-state index in [-0.39, 0.29) is 29.2 Å². The van der Waals surface area contributed by atoms with Gasteiger partial charge in [0.05, 0.1) is 13.2 Å². The summed E-state index contributed by atoms with van der Waals surface area (Å²) in [6, 6.07) is 9.78. The largest absolute Gasteiger partial charge is 0.493 e. The van der Waals surface area contributed by atoms with Crippen LogP contribution < -0.4 is 19.5 Å². The molecular formula is C31H44N2O9. The van der Waals surface area contributed by atoms with Gasteiger partial charge in [-0.15, -0.1) is 0 Å². The number of pyridine rings is 1. The average Bonchev–Trinajstić information content (AvgIpc) is 2.96. The zero-order valence-corrected chi connectivity index (χ0v) is 25.6. The van der Waals surface area contributed by atoms with Crippen LogP contribution in [0.2, 0.25) is 0 Å². The molecule has 0 spiro atoms. The number of hydrogen-bond donors (Lipinski definition) is 1. The van der Waals surface area contributed by atoms with Crippen molar-refractivity contribution < 1.29 is 42.8 Å². The highest BCUT2D eigenvalue weighted by atomic mass is 16.7. The van der Waals surface area contributed by atoms with Gasteiger partial charge in [0.25, 0.3) is 5.91 Å². The van der Waals surface area contributed by atoms with Gasteiger partial charge in [0.15, 0.2) is 23.3 Å². The summed E-state index contributed by atoms with van der Waals surface area (Å²) >= 11 is 0. The molecule has 0 fully saturated rings. The first kappa shape index (κ1) is 34.3.